The summed E-state index contributed by atoms with van der Waals surface area (Å²) < 4.78 is 45.3. The van der Waals surface area contributed by atoms with Gasteiger partial charge in [0.2, 0.25) is 0 Å². The number of nitrogens with zero attached hydrogens (tertiary/aromatic N) is 2. The first kappa shape index (κ1) is 22.7. The van der Waals surface area contributed by atoms with Crippen LogP contribution in [0.3, 0.4) is 0 Å². The number of nitrogens with one attached hydrogen (secondary N) is 1. The van der Waals surface area contributed by atoms with Gasteiger partial charge in [-0.15, -0.1) is 0 Å². The highest BCUT2D eigenvalue weighted by Gasteiger charge is 2.37. The molecule has 0 amide bonds. The monoisotopic (exact) mass is 454 g/mol. The number of aliphatic imine (C=N–C) groups is 1. The third-order valence-electron chi connectivity index (χ3n) is 4.77. The normalized spacial score (nSPS) is 17.8. The van der Waals surface area contributed by atoms with E-state index in [0.29, 0.717) is 17.1 Å². The van der Waals surface area contributed by atoms with Gasteiger partial charge in [0.25, 0.3) is 0 Å². The molecule has 3 rings (SSSR count). The van der Waals surface area contributed by atoms with Crippen molar-refractivity contribution in [1.82, 2.24) is 0 Å². The quantitative estimate of drug-likeness (QED) is 0.522. The Labute approximate surface area is 180 Å². The number of halogens is 4. The highest BCUT2D eigenvalue weighted by atomic mass is 35.5. The van der Waals surface area contributed by atoms with Crippen molar-refractivity contribution in [2.24, 2.45) is 10.7 Å². The first-order valence-electron chi connectivity index (χ1n) is 8.99. The summed E-state index contributed by atoms with van der Waals surface area (Å²) in [4.78, 5) is 4.29. The van der Waals surface area contributed by atoms with Gasteiger partial charge in [0.1, 0.15) is 41.3 Å². The van der Waals surface area contributed by atoms with E-state index < -0.39 is 30.5 Å². The largest absolute Gasteiger partial charge is 0.466 e. The third-order valence-corrected chi connectivity index (χ3v) is 5.06. The van der Waals surface area contributed by atoms with Crippen LogP contribution >= 0.6 is 11.6 Å². The van der Waals surface area contributed by atoms with Crippen LogP contribution in [0, 0.1) is 25.2 Å². The van der Waals surface area contributed by atoms with Gasteiger partial charge in [-0.1, -0.05) is 11.6 Å². The molecule has 1 aliphatic rings. The zero-order valence-electron chi connectivity index (χ0n) is 16.4. The van der Waals surface area contributed by atoms with Gasteiger partial charge in [-0.05, 0) is 32.0 Å². The van der Waals surface area contributed by atoms with Gasteiger partial charge >= 0.3 is 6.18 Å². The van der Waals surface area contributed by atoms with Crippen molar-refractivity contribution in [2.45, 2.75) is 32.2 Å². The molecule has 164 valence electrons. The van der Waals surface area contributed by atoms with Gasteiger partial charge in [0.05, 0.1) is 28.5 Å². The van der Waals surface area contributed by atoms with Crippen LogP contribution in [0.2, 0.25) is 5.02 Å². The van der Waals surface area contributed by atoms with Gasteiger partial charge in [0, 0.05) is 11.1 Å². The Kier molecular flexibility index (Phi) is 6.04. The number of rotatable bonds is 4. The lowest BCUT2D eigenvalue weighted by Crippen LogP contribution is -2.31. The minimum atomic E-state index is -4.68. The van der Waals surface area contributed by atoms with Gasteiger partial charge in [-0.3, -0.25) is 4.99 Å². The summed E-state index contributed by atoms with van der Waals surface area (Å²) in [5.41, 5.74) is 5.22. The predicted molar refractivity (Wildman–Crippen MR) is 108 cm³/mol. The van der Waals surface area contributed by atoms with Crippen molar-refractivity contribution >= 4 is 28.7 Å². The Balaban J connectivity index is 2.25. The molecule has 2 heterocycles. The number of hydrogen-bond donors (Lipinski definition) is 4. The van der Waals surface area contributed by atoms with E-state index in [1.54, 1.807) is 19.9 Å². The second kappa shape index (κ2) is 8.26. The second-order valence-corrected chi connectivity index (χ2v) is 7.35. The van der Waals surface area contributed by atoms with Crippen LogP contribution in [0.5, 0.6) is 0 Å². The molecule has 1 aromatic heterocycles. The average Bonchev–Trinajstić information content (AvgIpc) is 3.03. The maximum Gasteiger partial charge on any atom is 0.416 e. The predicted octanol–water partition coefficient (Wildman–Crippen LogP) is 3.68. The Morgan fingerprint density at radius 2 is 2.06 bits per heavy atom. The fourth-order valence-electron chi connectivity index (χ4n) is 3.37. The molecule has 31 heavy (non-hydrogen) atoms. The van der Waals surface area contributed by atoms with Crippen LogP contribution in [-0.2, 0) is 6.18 Å². The maximum atomic E-state index is 13.3. The Morgan fingerprint density at radius 1 is 1.39 bits per heavy atom. The van der Waals surface area contributed by atoms with Gasteiger partial charge in [0.15, 0.2) is 0 Å². The summed E-state index contributed by atoms with van der Waals surface area (Å²) in [6, 6.07) is 3.70. The summed E-state index contributed by atoms with van der Waals surface area (Å²) >= 11 is 6.14. The number of aliphatic hydroxyl groups is 2. The zero-order chi connectivity index (χ0) is 23.1. The van der Waals surface area contributed by atoms with E-state index in [4.69, 9.17) is 21.8 Å². The Morgan fingerprint density at radius 3 is 2.58 bits per heavy atom. The number of anilines is 1. The standard InChI is InChI=1S/C20H18ClF3N4O3/c1-8-3-11(9(2)31-8)16(14(26)6-25)19-27-17-12(18(28-19)15(30)7-29)4-10(5-13(17)21)20(22,23)24/h3-5,15,18,29-30H,7,26H2,1-2H3,(H,27,28). The molecule has 0 radical (unpaired) electrons. The van der Waals surface area contributed by atoms with Gasteiger partial charge < -0.3 is 25.7 Å². The lowest BCUT2D eigenvalue weighted by molar-refractivity contribution is -0.137. The molecule has 2 atom stereocenters. The molecule has 11 heteroatoms. The molecule has 7 nitrogen and oxygen atoms in total. The van der Waals surface area contributed by atoms with E-state index in [9.17, 15) is 28.6 Å². The highest BCUT2D eigenvalue weighted by Crippen LogP contribution is 2.43. The van der Waals surface area contributed by atoms with Crippen LogP contribution in [-0.4, -0.2) is 28.8 Å². The molecule has 0 saturated carbocycles. The molecular formula is C20H18ClF3N4O3. The van der Waals surface area contributed by atoms with Crippen LogP contribution in [0.25, 0.3) is 5.57 Å². The molecule has 5 N–H and O–H groups in total. The molecule has 0 aliphatic carbocycles. The van der Waals surface area contributed by atoms with E-state index in [0.717, 1.165) is 12.1 Å². The SMILES string of the molecule is Cc1cc(C(C2=NC(C(O)CO)c3cc(C(F)(F)F)cc(Cl)c3N2)=C(N)C#N)c(C)o1. The van der Waals surface area contributed by atoms with Gasteiger partial charge in [-0.25, -0.2) is 0 Å². The summed E-state index contributed by atoms with van der Waals surface area (Å²) in [6.07, 6.45) is -6.22. The second-order valence-electron chi connectivity index (χ2n) is 6.94. The lowest BCUT2D eigenvalue weighted by atomic mass is 9.94. The highest BCUT2D eigenvalue weighted by molar-refractivity contribution is 6.37. The molecule has 0 spiro atoms. The molecule has 0 fully saturated rings. The van der Waals surface area contributed by atoms with E-state index in [-0.39, 0.29) is 33.4 Å². The number of aliphatic hydroxyl groups excluding tert-OH is 2. The van der Waals surface area contributed by atoms with Crippen LogP contribution in [0.1, 0.15) is 34.3 Å². The number of alkyl halides is 3. The van der Waals surface area contributed by atoms with Crippen molar-refractivity contribution in [3.8, 4) is 6.07 Å². The fourth-order valence-corrected chi connectivity index (χ4v) is 3.65. The van der Waals surface area contributed by atoms with Gasteiger partial charge in [-0.2, -0.15) is 18.4 Å². The number of hydrogen-bond acceptors (Lipinski definition) is 7. The Bertz CT molecular complexity index is 1130. The average molecular weight is 455 g/mol. The minimum Gasteiger partial charge on any atom is -0.466 e. The minimum absolute atomic E-state index is 0.00499. The number of amidine groups is 1. The van der Waals surface area contributed by atoms with Crippen LogP contribution in [0.4, 0.5) is 18.9 Å². The first-order valence-corrected chi connectivity index (χ1v) is 9.37. The molecule has 0 bridgehead atoms. The zero-order valence-corrected chi connectivity index (χ0v) is 17.1. The van der Waals surface area contributed by atoms with E-state index in [1.165, 1.54) is 0 Å². The van der Waals surface area contributed by atoms with Crippen molar-refractivity contribution in [3.63, 3.8) is 0 Å². The fraction of sp³-hybridized carbons (Fsp3) is 0.300. The number of furan rings is 1. The molecule has 1 aliphatic heterocycles. The van der Waals surface area contributed by atoms with Crippen LogP contribution in [0.15, 0.2) is 33.3 Å². The number of benzene rings is 1. The maximum absolute atomic E-state index is 13.3. The molecule has 0 saturated heterocycles. The topological polar surface area (TPSA) is 128 Å². The summed E-state index contributed by atoms with van der Waals surface area (Å²) in [6.45, 7) is 2.56. The lowest BCUT2D eigenvalue weighted by Gasteiger charge is -2.30. The van der Waals surface area contributed by atoms with Crippen molar-refractivity contribution < 1.29 is 27.8 Å². The van der Waals surface area contributed by atoms with E-state index in [2.05, 4.69) is 10.3 Å². The first-order chi connectivity index (χ1) is 14.5. The van der Waals surface area contributed by atoms with Crippen molar-refractivity contribution in [3.05, 3.63) is 57.1 Å². The molecule has 2 unspecified atom stereocenters. The van der Waals surface area contributed by atoms with E-state index >= 15 is 0 Å². The smallest absolute Gasteiger partial charge is 0.416 e. The number of aryl methyl sites for hydroxylation is 2. The van der Waals surface area contributed by atoms with E-state index in [1.807, 2.05) is 6.07 Å². The number of nitrogens with two attached hydrogens (primary N) is 1. The summed E-state index contributed by atoms with van der Waals surface area (Å²) in [7, 11) is 0. The van der Waals surface area contributed by atoms with Crippen molar-refractivity contribution in [2.75, 3.05) is 11.9 Å². The van der Waals surface area contributed by atoms with Crippen LogP contribution < -0.4 is 11.1 Å². The summed E-state index contributed by atoms with van der Waals surface area (Å²) in [5.74, 6) is 0.959. The number of nitriles is 1. The summed E-state index contributed by atoms with van der Waals surface area (Å²) in [5, 5.41) is 31.7. The number of fused-ring (bicyclic) bond motifs is 1. The molecule has 2 aromatic rings. The molecule has 1 aromatic carbocycles. The Hall–Kier alpha value is -3.00. The van der Waals surface area contributed by atoms with Crippen molar-refractivity contribution in [1.29, 1.82) is 5.26 Å². The third kappa shape index (κ3) is 4.25. The number of allylic oxidation sites excluding steroid dienone is 1. The molecular weight excluding hydrogens is 437 g/mol.